The minimum atomic E-state index is -3.58. The summed E-state index contributed by atoms with van der Waals surface area (Å²) in [6.07, 6.45) is 4.84. The SMILES string of the molecule is CS(=O)(=O)Nc1ccc(COC(=O)O[C@@H](Cc2c(Cl)c[n+]([O-])cc2Cl)c2ccc(OC(F)F)c(OCC3CC3)c2)cc1OCC1CC1. The van der Waals surface area contributed by atoms with Crippen molar-refractivity contribution in [2.75, 3.05) is 24.2 Å². The van der Waals surface area contributed by atoms with E-state index in [2.05, 4.69) is 9.46 Å². The molecule has 47 heavy (non-hydrogen) atoms. The van der Waals surface area contributed by atoms with Gasteiger partial charge in [0.1, 0.15) is 28.5 Å². The first-order chi connectivity index (χ1) is 22.3. The summed E-state index contributed by atoms with van der Waals surface area (Å²) >= 11 is 12.6. The van der Waals surface area contributed by atoms with Crippen LogP contribution in [0.15, 0.2) is 48.8 Å². The molecule has 0 amide bonds. The van der Waals surface area contributed by atoms with Crippen molar-refractivity contribution < 1.29 is 50.4 Å². The highest BCUT2D eigenvalue weighted by molar-refractivity contribution is 7.92. The van der Waals surface area contributed by atoms with Crippen molar-refractivity contribution in [1.82, 2.24) is 0 Å². The summed E-state index contributed by atoms with van der Waals surface area (Å²) in [4.78, 5) is 13.1. The van der Waals surface area contributed by atoms with Gasteiger partial charge in [0.15, 0.2) is 23.9 Å². The van der Waals surface area contributed by atoms with Gasteiger partial charge in [0.2, 0.25) is 10.0 Å². The third-order valence-corrected chi connectivity index (χ3v) is 8.52. The Balaban J connectivity index is 1.35. The Labute approximate surface area is 280 Å². The number of sulfonamides is 1. The maximum atomic E-state index is 13.1. The number of hydrogen-bond donors (Lipinski definition) is 1. The van der Waals surface area contributed by atoms with Gasteiger partial charge in [-0.15, -0.1) is 0 Å². The first kappa shape index (κ1) is 34.6. The van der Waals surface area contributed by atoms with E-state index in [1.54, 1.807) is 12.1 Å². The predicted octanol–water partition coefficient (Wildman–Crippen LogP) is 6.81. The average Bonchev–Trinajstić information content (AvgIpc) is 3.91. The number of nitrogens with zero attached hydrogens (tertiary/aromatic N) is 1. The Hall–Kier alpha value is -3.75. The molecule has 2 aliphatic rings. The van der Waals surface area contributed by atoms with Crippen LogP contribution in [0.4, 0.5) is 19.3 Å². The summed E-state index contributed by atoms with van der Waals surface area (Å²) in [6.45, 7) is -2.65. The molecular formula is C31H32Cl2F2N2O9S. The molecule has 0 aliphatic heterocycles. The molecule has 0 bridgehead atoms. The molecule has 2 saturated carbocycles. The molecule has 3 aromatic rings. The third kappa shape index (κ3) is 10.6. The Bertz CT molecular complexity index is 1680. The molecule has 1 heterocycles. The number of anilines is 1. The van der Waals surface area contributed by atoms with Crippen LogP contribution in [0.25, 0.3) is 0 Å². The van der Waals surface area contributed by atoms with Crippen LogP contribution in [-0.2, 0) is 32.5 Å². The van der Waals surface area contributed by atoms with Crippen LogP contribution < -0.4 is 23.7 Å². The molecule has 2 fully saturated rings. The Morgan fingerprint density at radius 3 is 2.21 bits per heavy atom. The number of carbonyl (C=O) groups is 1. The lowest BCUT2D eigenvalue weighted by Crippen LogP contribution is -2.25. The van der Waals surface area contributed by atoms with Crippen LogP contribution in [0.3, 0.4) is 0 Å². The number of halogens is 4. The van der Waals surface area contributed by atoms with Crippen molar-refractivity contribution >= 4 is 45.1 Å². The van der Waals surface area contributed by atoms with E-state index < -0.39 is 28.9 Å². The van der Waals surface area contributed by atoms with Crippen LogP contribution >= 0.6 is 23.2 Å². The van der Waals surface area contributed by atoms with Crippen molar-refractivity contribution in [1.29, 1.82) is 0 Å². The molecule has 1 N–H and O–H groups in total. The zero-order chi connectivity index (χ0) is 33.7. The van der Waals surface area contributed by atoms with Crippen LogP contribution in [0.5, 0.6) is 17.2 Å². The van der Waals surface area contributed by atoms with Crippen molar-refractivity contribution in [3.05, 3.63) is 80.7 Å². The molecule has 2 aliphatic carbocycles. The second-order valence-electron chi connectivity index (χ2n) is 11.4. The largest absolute Gasteiger partial charge is 0.619 e. The summed E-state index contributed by atoms with van der Waals surface area (Å²) in [5.41, 5.74) is 1.35. The topological polar surface area (TPSA) is 136 Å². The van der Waals surface area contributed by atoms with Gasteiger partial charge in [-0.2, -0.15) is 13.5 Å². The number of hydrogen-bond acceptors (Lipinski definition) is 9. The molecule has 1 atom stereocenters. The van der Waals surface area contributed by atoms with Gasteiger partial charge >= 0.3 is 12.8 Å². The molecule has 5 rings (SSSR count). The predicted molar refractivity (Wildman–Crippen MR) is 168 cm³/mol. The zero-order valence-corrected chi connectivity index (χ0v) is 27.5. The van der Waals surface area contributed by atoms with Crippen LogP contribution in [0.2, 0.25) is 10.0 Å². The fourth-order valence-corrected chi connectivity index (χ4v) is 5.67. The smallest absolute Gasteiger partial charge is 0.509 e. The van der Waals surface area contributed by atoms with E-state index in [1.165, 1.54) is 24.3 Å². The van der Waals surface area contributed by atoms with E-state index in [-0.39, 0.29) is 51.6 Å². The lowest BCUT2D eigenvalue weighted by Gasteiger charge is -2.21. The van der Waals surface area contributed by atoms with Gasteiger partial charge < -0.3 is 28.9 Å². The number of nitrogens with one attached hydrogen (secondary N) is 1. The lowest BCUT2D eigenvalue weighted by molar-refractivity contribution is -0.605. The van der Waals surface area contributed by atoms with Gasteiger partial charge in [0.05, 0.1) is 25.2 Å². The Kier molecular flexibility index (Phi) is 11.0. The highest BCUT2D eigenvalue weighted by Crippen LogP contribution is 2.38. The van der Waals surface area contributed by atoms with Gasteiger partial charge in [0, 0.05) is 12.0 Å². The second-order valence-corrected chi connectivity index (χ2v) is 14.0. The van der Waals surface area contributed by atoms with Crippen molar-refractivity contribution in [2.45, 2.75) is 51.4 Å². The molecule has 2 aromatic carbocycles. The van der Waals surface area contributed by atoms with Gasteiger partial charge in [-0.3, -0.25) is 4.72 Å². The Morgan fingerprint density at radius 1 is 0.979 bits per heavy atom. The molecule has 16 heteroatoms. The molecule has 0 radical (unpaired) electrons. The zero-order valence-electron chi connectivity index (χ0n) is 25.1. The highest BCUT2D eigenvalue weighted by Gasteiger charge is 2.27. The maximum Gasteiger partial charge on any atom is 0.509 e. The number of ether oxygens (including phenoxy) is 5. The van der Waals surface area contributed by atoms with E-state index in [4.69, 9.17) is 42.1 Å². The standard InChI is InChI=1S/C31H32Cl2F2N2O9S/c1-47(40,41)36-25-8-6-20(10-28(25)42-15-18-2-3-18)17-44-31(38)46-27(12-22-23(32)13-37(39)14-24(22)33)21-7-9-26(45-30(34)35)29(11-21)43-16-19-4-5-19/h6-11,13-14,18-19,27,30,36H,2-5,12,15-17H2,1H3/t27-/m0/s1. The molecule has 254 valence electrons. The van der Waals surface area contributed by atoms with E-state index in [1.807, 2.05) is 0 Å². The first-order valence-electron chi connectivity index (χ1n) is 14.7. The fourth-order valence-electron chi connectivity index (χ4n) is 4.51. The summed E-state index contributed by atoms with van der Waals surface area (Å²) < 4.78 is 80.1. The number of aromatic nitrogens is 1. The molecular weight excluding hydrogens is 685 g/mol. The number of benzene rings is 2. The van der Waals surface area contributed by atoms with Gasteiger partial charge in [-0.25, -0.2) is 13.2 Å². The van der Waals surface area contributed by atoms with E-state index in [0.717, 1.165) is 44.3 Å². The van der Waals surface area contributed by atoms with Crippen LogP contribution in [0, 0.1) is 17.0 Å². The minimum absolute atomic E-state index is 0.0128. The monoisotopic (exact) mass is 716 g/mol. The van der Waals surface area contributed by atoms with Gasteiger partial charge in [0.25, 0.3) is 0 Å². The van der Waals surface area contributed by atoms with E-state index in [9.17, 15) is 27.2 Å². The summed E-state index contributed by atoms with van der Waals surface area (Å²) in [7, 11) is -3.58. The minimum Gasteiger partial charge on any atom is -0.619 e. The normalized spacial score (nSPS) is 15.2. The molecule has 0 spiro atoms. The van der Waals surface area contributed by atoms with Crippen LogP contribution in [0.1, 0.15) is 48.5 Å². The van der Waals surface area contributed by atoms with Crippen molar-refractivity contribution in [3.63, 3.8) is 0 Å². The third-order valence-electron chi connectivity index (χ3n) is 7.28. The van der Waals surface area contributed by atoms with E-state index in [0.29, 0.717) is 40.9 Å². The number of pyridine rings is 1. The first-order valence-corrected chi connectivity index (χ1v) is 17.3. The number of rotatable bonds is 16. The van der Waals surface area contributed by atoms with Crippen LogP contribution in [-0.4, -0.2) is 40.7 Å². The molecule has 0 unspecified atom stereocenters. The van der Waals surface area contributed by atoms with Gasteiger partial charge in [-0.1, -0.05) is 35.3 Å². The number of alkyl halides is 2. The average molecular weight is 718 g/mol. The fraction of sp³-hybridized carbons (Fsp3) is 0.419. The Morgan fingerprint density at radius 2 is 1.62 bits per heavy atom. The summed E-state index contributed by atoms with van der Waals surface area (Å²) in [6, 6.07) is 8.76. The molecule has 0 saturated heterocycles. The quantitative estimate of drug-likeness (QED) is 0.0963. The lowest BCUT2D eigenvalue weighted by atomic mass is 10.0. The molecule has 1 aromatic heterocycles. The second kappa shape index (κ2) is 15.0. The van der Waals surface area contributed by atoms with Gasteiger partial charge in [-0.05, 0) is 72.9 Å². The van der Waals surface area contributed by atoms with Crippen molar-refractivity contribution in [3.8, 4) is 17.2 Å². The summed E-state index contributed by atoms with van der Waals surface area (Å²) in [5, 5.41) is 11.8. The molecule has 11 nitrogen and oxygen atoms in total. The van der Waals surface area contributed by atoms with Crippen molar-refractivity contribution in [2.24, 2.45) is 11.8 Å². The van der Waals surface area contributed by atoms with E-state index >= 15 is 0 Å². The highest BCUT2D eigenvalue weighted by atomic mass is 35.5. The number of carbonyl (C=O) groups excluding carboxylic acids is 1. The summed E-state index contributed by atoms with van der Waals surface area (Å²) in [5.74, 6) is 0.817. The maximum absolute atomic E-state index is 13.1.